The zero-order valence-electron chi connectivity index (χ0n) is 12.0. The van der Waals surface area contributed by atoms with Crippen molar-refractivity contribution < 1.29 is 33.3 Å². The summed E-state index contributed by atoms with van der Waals surface area (Å²) in [5.74, 6) is 0.688. The number of rotatable bonds is 4. The molecule has 1 aliphatic heterocycles. The van der Waals surface area contributed by atoms with Crippen LogP contribution in [-0.4, -0.2) is 42.8 Å². The van der Waals surface area contributed by atoms with Gasteiger partial charge in [-0.15, -0.1) is 6.42 Å². The Labute approximate surface area is 122 Å². The van der Waals surface area contributed by atoms with Crippen LogP contribution in [0.2, 0.25) is 0 Å². The van der Waals surface area contributed by atoms with Crippen LogP contribution >= 0.6 is 0 Å². The molecule has 0 aromatic carbocycles. The van der Waals surface area contributed by atoms with Gasteiger partial charge in [-0.05, 0) is 5.92 Å². The Hall–Kier alpha value is -2.49. The van der Waals surface area contributed by atoms with E-state index >= 15 is 0 Å². The summed E-state index contributed by atoms with van der Waals surface area (Å²) in [6.45, 7) is 3.45. The SMILES string of the molecule is C#CC1=C[C@H](OC(C)=O)[C@H](OC(C)=O)[C@@H](COC(C)=O)O1. The minimum Gasteiger partial charge on any atom is -0.475 e. The summed E-state index contributed by atoms with van der Waals surface area (Å²) in [7, 11) is 0. The molecule has 1 aliphatic rings. The fraction of sp³-hybridized carbons (Fsp3) is 0.500. The van der Waals surface area contributed by atoms with Crippen LogP contribution < -0.4 is 0 Å². The van der Waals surface area contributed by atoms with Crippen molar-refractivity contribution in [2.24, 2.45) is 0 Å². The van der Waals surface area contributed by atoms with E-state index in [1.165, 1.54) is 26.8 Å². The van der Waals surface area contributed by atoms with Gasteiger partial charge in [0.05, 0.1) is 0 Å². The van der Waals surface area contributed by atoms with Gasteiger partial charge in [0, 0.05) is 26.8 Å². The molecule has 0 aromatic heterocycles. The molecule has 0 spiro atoms. The Morgan fingerprint density at radius 3 is 2.29 bits per heavy atom. The second kappa shape index (κ2) is 7.33. The Bertz CT molecular complexity index is 500. The van der Waals surface area contributed by atoms with Crippen LogP contribution in [0.25, 0.3) is 0 Å². The zero-order valence-corrected chi connectivity index (χ0v) is 12.0. The number of ether oxygens (including phenoxy) is 4. The molecule has 21 heavy (non-hydrogen) atoms. The summed E-state index contributed by atoms with van der Waals surface area (Å²) in [5.41, 5.74) is 0. The average Bonchev–Trinajstić information content (AvgIpc) is 2.37. The summed E-state index contributed by atoms with van der Waals surface area (Å²) in [4.78, 5) is 33.2. The molecule has 0 unspecified atom stereocenters. The van der Waals surface area contributed by atoms with Crippen LogP contribution in [0.4, 0.5) is 0 Å². The lowest BCUT2D eigenvalue weighted by Crippen LogP contribution is -2.48. The van der Waals surface area contributed by atoms with E-state index in [1.54, 1.807) is 0 Å². The summed E-state index contributed by atoms with van der Waals surface area (Å²) in [6, 6.07) is 0. The largest absolute Gasteiger partial charge is 0.475 e. The third-order valence-corrected chi connectivity index (χ3v) is 2.48. The zero-order chi connectivity index (χ0) is 16.0. The van der Waals surface area contributed by atoms with E-state index in [9.17, 15) is 14.4 Å². The van der Waals surface area contributed by atoms with Gasteiger partial charge in [-0.1, -0.05) is 0 Å². The third kappa shape index (κ3) is 5.18. The average molecular weight is 296 g/mol. The molecule has 0 N–H and O–H groups in total. The Balaban J connectivity index is 2.99. The van der Waals surface area contributed by atoms with E-state index < -0.39 is 36.2 Å². The lowest BCUT2D eigenvalue weighted by molar-refractivity contribution is -0.180. The first kappa shape index (κ1) is 16.6. The Morgan fingerprint density at radius 2 is 1.81 bits per heavy atom. The minimum atomic E-state index is -0.956. The molecule has 3 atom stereocenters. The molecule has 0 aromatic rings. The molecule has 1 heterocycles. The Kier molecular flexibility index (Phi) is 5.79. The maximum atomic E-state index is 11.2. The van der Waals surface area contributed by atoms with Crippen LogP contribution in [0.1, 0.15) is 20.8 Å². The number of esters is 3. The second-order valence-electron chi connectivity index (χ2n) is 4.28. The van der Waals surface area contributed by atoms with Gasteiger partial charge in [-0.3, -0.25) is 14.4 Å². The standard InChI is InChI=1S/C14H16O7/c1-5-11-6-12(19-9(3)16)14(20-10(4)17)13(21-11)7-18-8(2)15/h1,6,12-14H,7H2,2-4H3/t12-,13+,14-/m0/s1. The molecule has 0 aliphatic carbocycles. The van der Waals surface area contributed by atoms with E-state index in [-0.39, 0.29) is 12.4 Å². The summed E-state index contributed by atoms with van der Waals surface area (Å²) in [5, 5.41) is 0. The smallest absolute Gasteiger partial charge is 0.303 e. The first-order chi connectivity index (χ1) is 9.83. The van der Waals surface area contributed by atoms with Crippen molar-refractivity contribution in [1.82, 2.24) is 0 Å². The Morgan fingerprint density at radius 1 is 1.19 bits per heavy atom. The van der Waals surface area contributed by atoms with Crippen LogP contribution in [0.15, 0.2) is 11.8 Å². The molecule has 114 valence electrons. The van der Waals surface area contributed by atoms with Gasteiger partial charge in [-0.2, -0.15) is 0 Å². The number of terminal acetylenes is 1. The van der Waals surface area contributed by atoms with Gasteiger partial charge < -0.3 is 18.9 Å². The van der Waals surface area contributed by atoms with Gasteiger partial charge in [0.25, 0.3) is 0 Å². The van der Waals surface area contributed by atoms with Crippen molar-refractivity contribution in [2.75, 3.05) is 6.61 Å². The van der Waals surface area contributed by atoms with E-state index in [1.807, 2.05) is 0 Å². The molecular weight excluding hydrogens is 280 g/mol. The molecule has 1 rings (SSSR count). The summed E-state index contributed by atoms with van der Waals surface area (Å²) < 4.78 is 20.4. The van der Waals surface area contributed by atoms with Crippen LogP contribution in [0.5, 0.6) is 0 Å². The van der Waals surface area contributed by atoms with Gasteiger partial charge in [-0.25, -0.2) is 0 Å². The summed E-state index contributed by atoms with van der Waals surface area (Å²) in [6.07, 6.45) is 3.89. The lowest BCUT2D eigenvalue weighted by atomic mass is 10.0. The quantitative estimate of drug-likeness (QED) is 0.419. The maximum Gasteiger partial charge on any atom is 0.303 e. The molecule has 0 saturated carbocycles. The topological polar surface area (TPSA) is 88.1 Å². The number of carbonyl (C=O) groups excluding carboxylic acids is 3. The molecule has 0 radical (unpaired) electrons. The van der Waals surface area contributed by atoms with E-state index in [0.29, 0.717) is 0 Å². The number of carbonyl (C=O) groups is 3. The predicted octanol–water partition coefficient (Wildman–Crippen LogP) is 0.329. The fourth-order valence-corrected chi connectivity index (χ4v) is 1.76. The van der Waals surface area contributed by atoms with Crippen LogP contribution in [0, 0.1) is 12.3 Å². The van der Waals surface area contributed by atoms with Gasteiger partial charge in [0.15, 0.2) is 24.1 Å². The highest BCUT2D eigenvalue weighted by molar-refractivity contribution is 5.68. The molecule has 7 nitrogen and oxygen atoms in total. The normalized spacial score (nSPS) is 23.9. The van der Waals surface area contributed by atoms with E-state index in [2.05, 4.69) is 5.92 Å². The van der Waals surface area contributed by atoms with E-state index in [4.69, 9.17) is 25.4 Å². The van der Waals surface area contributed by atoms with Crippen LogP contribution in [-0.2, 0) is 33.3 Å². The van der Waals surface area contributed by atoms with Gasteiger partial charge in [0.2, 0.25) is 0 Å². The van der Waals surface area contributed by atoms with Crippen molar-refractivity contribution in [3.05, 3.63) is 11.8 Å². The number of hydrogen-bond donors (Lipinski definition) is 0. The maximum absolute atomic E-state index is 11.2. The molecule has 0 fully saturated rings. The molecule has 0 saturated heterocycles. The molecule has 7 heteroatoms. The third-order valence-electron chi connectivity index (χ3n) is 2.48. The van der Waals surface area contributed by atoms with Gasteiger partial charge >= 0.3 is 17.9 Å². The van der Waals surface area contributed by atoms with Gasteiger partial charge in [0.1, 0.15) is 6.61 Å². The molecule has 0 bridgehead atoms. The predicted molar refractivity (Wildman–Crippen MR) is 69.5 cm³/mol. The van der Waals surface area contributed by atoms with Crippen molar-refractivity contribution in [2.45, 2.75) is 39.1 Å². The molecule has 0 amide bonds. The summed E-state index contributed by atoms with van der Waals surface area (Å²) >= 11 is 0. The highest BCUT2D eigenvalue weighted by Crippen LogP contribution is 2.23. The minimum absolute atomic E-state index is 0.113. The fourth-order valence-electron chi connectivity index (χ4n) is 1.76. The molecular formula is C14H16O7. The van der Waals surface area contributed by atoms with Crippen molar-refractivity contribution in [3.63, 3.8) is 0 Å². The first-order valence-corrected chi connectivity index (χ1v) is 6.16. The lowest BCUT2D eigenvalue weighted by Gasteiger charge is -2.34. The van der Waals surface area contributed by atoms with Crippen LogP contribution in [0.3, 0.4) is 0 Å². The van der Waals surface area contributed by atoms with E-state index in [0.717, 1.165) is 0 Å². The number of allylic oxidation sites excluding steroid dienone is 1. The highest BCUT2D eigenvalue weighted by Gasteiger charge is 2.40. The number of hydrogen-bond acceptors (Lipinski definition) is 7. The monoisotopic (exact) mass is 296 g/mol. The van der Waals surface area contributed by atoms with Crippen molar-refractivity contribution in [1.29, 1.82) is 0 Å². The second-order valence-corrected chi connectivity index (χ2v) is 4.28. The van der Waals surface area contributed by atoms with Crippen molar-refractivity contribution in [3.8, 4) is 12.3 Å². The van der Waals surface area contributed by atoms with Crippen molar-refractivity contribution >= 4 is 17.9 Å². The highest BCUT2D eigenvalue weighted by atomic mass is 16.6. The first-order valence-electron chi connectivity index (χ1n) is 6.16.